The van der Waals surface area contributed by atoms with E-state index in [0.29, 0.717) is 34.5 Å². The Bertz CT molecular complexity index is 1260. The van der Waals surface area contributed by atoms with Crippen LogP contribution in [0.5, 0.6) is 11.6 Å². The zero-order valence-corrected chi connectivity index (χ0v) is 18.6. The van der Waals surface area contributed by atoms with Crippen molar-refractivity contribution in [3.63, 3.8) is 0 Å². The van der Waals surface area contributed by atoms with E-state index in [-0.39, 0.29) is 12.3 Å². The van der Waals surface area contributed by atoms with Crippen LogP contribution in [0, 0.1) is 18.6 Å². The molecular formula is C24H23N5O2S. The summed E-state index contributed by atoms with van der Waals surface area (Å²) in [4.78, 5) is 16.7. The number of H-pyrrole nitrogens is 1. The maximum Gasteiger partial charge on any atom is 0.226 e. The molecule has 0 aliphatic carbocycles. The van der Waals surface area contributed by atoms with Crippen molar-refractivity contribution >= 4 is 23.8 Å². The Labute approximate surface area is 191 Å². The lowest BCUT2D eigenvalue weighted by atomic mass is 10.1. The molecule has 0 fully saturated rings. The van der Waals surface area contributed by atoms with E-state index in [1.54, 1.807) is 30.5 Å². The van der Waals surface area contributed by atoms with E-state index in [1.807, 2.05) is 54.8 Å². The number of rotatable bonds is 7. The highest BCUT2D eigenvalue weighted by Gasteiger charge is 2.11. The van der Waals surface area contributed by atoms with Crippen molar-refractivity contribution in [3.05, 3.63) is 82.8 Å². The van der Waals surface area contributed by atoms with Crippen LogP contribution in [0.1, 0.15) is 17.5 Å². The second-order valence-corrected chi connectivity index (χ2v) is 7.86. The summed E-state index contributed by atoms with van der Waals surface area (Å²) in [5, 5.41) is 10.0. The average molecular weight is 446 g/mol. The fourth-order valence-corrected chi connectivity index (χ4v) is 3.35. The molecular weight excluding hydrogens is 422 g/mol. The predicted octanol–water partition coefficient (Wildman–Crippen LogP) is 5.44. The van der Waals surface area contributed by atoms with Gasteiger partial charge in [0.05, 0.1) is 0 Å². The lowest BCUT2D eigenvalue weighted by molar-refractivity contribution is -0.116. The summed E-state index contributed by atoms with van der Waals surface area (Å²) < 4.78 is 8.04. The molecule has 0 bridgehead atoms. The van der Waals surface area contributed by atoms with Crippen LogP contribution in [0.3, 0.4) is 0 Å². The van der Waals surface area contributed by atoms with Gasteiger partial charge in [-0.25, -0.2) is 4.98 Å². The van der Waals surface area contributed by atoms with E-state index in [1.165, 1.54) is 5.56 Å². The molecule has 2 heterocycles. The van der Waals surface area contributed by atoms with Crippen LogP contribution >= 0.6 is 12.2 Å². The average Bonchev–Trinajstić information content (AvgIpc) is 3.16. The summed E-state index contributed by atoms with van der Waals surface area (Å²) in [6.45, 7) is 4.42. The van der Waals surface area contributed by atoms with Gasteiger partial charge in [-0.3, -0.25) is 14.5 Å². The summed E-state index contributed by atoms with van der Waals surface area (Å²) >= 11 is 5.35. The van der Waals surface area contributed by atoms with Gasteiger partial charge in [0.1, 0.15) is 5.75 Å². The first kappa shape index (κ1) is 21.5. The fraction of sp³-hybridized carbons (Fsp3) is 0.167. The molecule has 7 nitrogen and oxygen atoms in total. The van der Waals surface area contributed by atoms with Crippen LogP contribution in [-0.2, 0) is 11.3 Å². The zero-order valence-electron chi connectivity index (χ0n) is 17.8. The maximum absolute atomic E-state index is 12.5. The summed E-state index contributed by atoms with van der Waals surface area (Å²) in [6, 6.07) is 18.9. The lowest BCUT2D eigenvalue weighted by Crippen LogP contribution is -2.15. The van der Waals surface area contributed by atoms with E-state index < -0.39 is 0 Å². The Morgan fingerprint density at radius 3 is 2.44 bits per heavy atom. The number of aromatic amines is 1. The number of carbonyl (C=O) groups is 1. The number of carbonyl (C=O) groups excluding carboxylic acids is 1. The van der Waals surface area contributed by atoms with Gasteiger partial charge in [-0.1, -0.05) is 35.9 Å². The van der Waals surface area contributed by atoms with Gasteiger partial charge in [-0.15, -0.1) is 0 Å². The van der Waals surface area contributed by atoms with Crippen molar-refractivity contribution in [2.24, 2.45) is 0 Å². The highest BCUT2D eigenvalue weighted by molar-refractivity contribution is 7.71. The largest absolute Gasteiger partial charge is 0.439 e. The molecule has 0 atom stereocenters. The van der Waals surface area contributed by atoms with Crippen LogP contribution in [0.4, 0.5) is 5.69 Å². The van der Waals surface area contributed by atoms with Crippen LogP contribution in [-0.4, -0.2) is 25.7 Å². The van der Waals surface area contributed by atoms with Gasteiger partial charge in [0.2, 0.25) is 11.8 Å². The smallest absolute Gasteiger partial charge is 0.226 e. The number of ether oxygens (including phenoxy) is 1. The number of amides is 1. The molecule has 2 aromatic heterocycles. The third-order valence-corrected chi connectivity index (χ3v) is 5.19. The first-order chi connectivity index (χ1) is 15.5. The summed E-state index contributed by atoms with van der Waals surface area (Å²) in [5.74, 6) is 1.77. The molecule has 1 amide bonds. The molecule has 2 aromatic carbocycles. The minimum atomic E-state index is -0.114. The van der Waals surface area contributed by atoms with Crippen LogP contribution in [0.15, 0.2) is 66.9 Å². The molecule has 0 unspecified atom stereocenters. The lowest BCUT2D eigenvalue weighted by Gasteiger charge is -2.09. The molecule has 4 rings (SSSR count). The van der Waals surface area contributed by atoms with Gasteiger partial charge in [-0.2, -0.15) is 5.10 Å². The van der Waals surface area contributed by atoms with Gasteiger partial charge in [-0.05, 0) is 55.9 Å². The third-order valence-electron chi connectivity index (χ3n) is 4.88. The minimum absolute atomic E-state index is 0.114. The second kappa shape index (κ2) is 9.57. The van der Waals surface area contributed by atoms with Crippen molar-refractivity contribution in [1.29, 1.82) is 0 Å². The summed E-state index contributed by atoms with van der Waals surface area (Å²) in [5.41, 5.74) is 3.87. The highest BCUT2D eigenvalue weighted by Crippen LogP contribution is 2.22. The maximum atomic E-state index is 12.5. The predicted molar refractivity (Wildman–Crippen MR) is 126 cm³/mol. The summed E-state index contributed by atoms with van der Waals surface area (Å²) in [6.07, 6.45) is 2.01. The van der Waals surface area contributed by atoms with Gasteiger partial charge in [0.25, 0.3) is 0 Å². The third kappa shape index (κ3) is 5.28. The molecule has 0 aliphatic rings. The molecule has 0 saturated carbocycles. The van der Waals surface area contributed by atoms with Gasteiger partial charge >= 0.3 is 0 Å². The van der Waals surface area contributed by atoms with E-state index in [0.717, 1.165) is 11.1 Å². The highest BCUT2D eigenvalue weighted by atomic mass is 32.1. The molecule has 2 N–H and O–H groups in total. The number of nitrogens with zero attached hydrogens (tertiary/aromatic N) is 3. The number of aryl methyl sites for hydroxylation is 2. The molecule has 0 radical (unpaired) electrons. The molecule has 4 aromatic rings. The zero-order chi connectivity index (χ0) is 22.5. The number of hydrogen-bond donors (Lipinski definition) is 2. The SMILES string of the molecule is Cc1ccc(-c2n[nH]c(=S)n2CCC(=O)Nc2ccc(Oc3ccc(C)cn3)cc2)cc1. The van der Waals surface area contributed by atoms with Gasteiger partial charge in [0, 0.05) is 36.5 Å². The van der Waals surface area contributed by atoms with E-state index in [2.05, 4.69) is 20.5 Å². The second-order valence-electron chi connectivity index (χ2n) is 7.47. The molecule has 0 aliphatic heterocycles. The molecule has 0 saturated heterocycles. The van der Waals surface area contributed by atoms with E-state index in [9.17, 15) is 4.79 Å². The number of hydrogen-bond acceptors (Lipinski definition) is 5. The molecule has 8 heteroatoms. The molecule has 162 valence electrons. The Balaban J connectivity index is 1.35. The van der Waals surface area contributed by atoms with E-state index >= 15 is 0 Å². The Morgan fingerprint density at radius 2 is 1.75 bits per heavy atom. The molecule has 0 spiro atoms. The van der Waals surface area contributed by atoms with E-state index in [4.69, 9.17) is 17.0 Å². The number of benzene rings is 2. The number of pyridine rings is 1. The van der Waals surface area contributed by atoms with Crippen molar-refractivity contribution in [1.82, 2.24) is 19.7 Å². The van der Waals surface area contributed by atoms with Gasteiger partial charge in [0.15, 0.2) is 10.6 Å². The van der Waals surface area contributed by atoms with Crippen molar-refractivity contribution in [2.75, 3.05) is 5.32 Å². The standard InChI is InChI=1S/C24H23N5O2S/c1-16-3-6-18(7-4-16)23-27-28-24(32)29(23)14-13-21(30)26-19-8-10-20(11-9-19)31-22-12-5-17(2)15-25-22/h3-12,15H,13-14H2,1-2H3,(H,26,30)(H,28,32). The van der Waals surface area contributed by atoms with Crippen LogP contribution in [0.2, 0.25) is 0 Å². The Hall–Kier alpha value is -3.78. The van der Waals surface area contributed by atoms with Crippen molar-refractivity contribution in [3.8, 4) is 23.0 Å². The Morgan fingerprint density at radius 1 is 1.03 bits per heavy atom. The molecule has 32 heavy (non-hydrogen) atoms. The fourth-order valence-electron chi connectivity index (χ4n) is 3.13. The van der Waals surface area contributed by atoms with Crippen LogP contribution < -0.4 is 10.1 Å². The quantitative estimate of drug-likeness (QED) is 0.370. The number of nitrogens with one attached hydrogen (secondary N) is 2. The van der Waals surface area contributed by atoms with Crippen molar-refractivity contribution in [2.45, 2.75) is 26.8 Å². The topological polar surface area (TPSA) is 84.8 Å². The minimum Gasteiger partial charge on any atom is -0.439 e. The van der Waals surface area contributed by atoms with Crippen molar-refractivity contribution < 1.29 is 9.53 Å². The Kier molecular flexibility index (Phi) is 6.42. The number of aromatic nitrogens is 4. The monoisotopic (exact) mass is 445 g/mol. The normalized spacial score (nSPS) is 10.7. The van der Waals surface area contributed by atoms with Gasteiger partial charge < -0.3 is 10.1 Å². The number of anilines is 1. The van der Waals surface area contributed by atoms with Crippen LogP contribution in [0.25, 0.3) is 11.4 Å². The first-order valence-corrected chi connectivity index (χ1v) is 10.6. The first-order valence-electron chi connectivity index (χ1n) is 10.2. The summed E-state index contributed by atoms with van der Waals surface area (Å²) in [7, 11) is 0.